The van der Waals surface area contributed by atoms with Gasteiger partial charge in [0.2, 0.25) is 0 Å². The molecule has 0 saturated carbocycles. The van der Waals surface area contributed by atoms with Gasteiger partial charge in [-0.05, 0) is 30.3 Å². The minimum absolute atomic E-state index is 0.0414. The summed E-state index contributed by atoms with van der Waals surface area (Å²) in [6, 6.07) is 8.03. The number of hydrogen-bond acceptors (Lipinski definition) is 2. The van der Waals surface area contributed by atoms with Crippen LogP contribution in [0.4, 0.5) is 17.6 Å². The normalized spacial score (nSPS) is 11.0. The molecule has 2 aromatic carbocycles. The Morgan fingerprint density at radius 1 is 1.05 bits per heavy atom. The zero-order valence-corrected chi connectivity index (χ0v) is 11.8. The molecule has 0 atom stereocenters. The van der Waals surface area contributed by atoms with Crippen molar-refractivity contribution in [3.8, 4) is 17.6 Å². The van der Waals surface area contributed by atoms with Crippen LogP contribution in [0.5, 0.6) is 11.5 Å². The molecule has 2 aromatic rings. The van der Waals surface area contributed by atoms with E-state index in [1.807, 2.05) is 0 Å². The Balaban J connectivity index is 2.40. The van der Waals surface area contributed by atoms with Crippen molar-refractivity contribution in [3.63, 3.8) is 0 Å². The summed E-state index contributed by atoms with van der Waals surface area (Å²) in [5, 5.41) is 8.69. The molecule has 0 amide bonds. The fraction of sp³-hybridized carbons (Fsp3) is 0.0714. The molecule has 0 radical (unpaired) electrons. The summed E-state index contributed by atoms with van der Waals surface area (Å²) in [6.07, 6.45) is -4.67. The number of nitrogens with zero attached hydrogens (tertiary/aromatic N) is 1. The highest BCUT2D eigenvalue weighted by atomic mass is 79.9. The van der Waals surface area contributed by atoms with E-state index in [4.69, 9.17) is 10.00 Å². The molecule has 0 fully saturated rings. The molecule has 108 valence electrons. The molecule has 2 rings (SSSR count). The zero-order chi connectivity index (χ0) is 15.6. The molecule has 0 bridgehead atoms. The maximum Gasteiger partial charge on any atom is 0.417 e. The summed E-state index contributed by atoms with van der Waals surface area (Å²) in [5.74, 6) is -0.692. The molecule has 0 saturated heterocycles. The summed E-state index contributed by atoms with van der Waals surface area (Å²) in [7, 11) is 0. The molecule has 0 unspecified atom stereocenters. The van der Waals surface area contributed by atoms with Crippen LogP contribution in [0, 0.1) is 17.1 Å². The summed E-state index contributed by atoms with van der Waals surface area (Å²) in [6.45, 7) is 0. The molecule has 0 aromatic heterocycles. The first-order valence-electron chi connectivity index (χ1n) is 5.55. The minimum atomic E-state index is -4.67. The lowest BCUT2D eigenvalue weighted by Gasteiger charge is -2.12. The van der Waals surface area contributed by atoms with Crippen molar-refractivity contribution in [2.45, 2.75) is 6.18 Å². The number of benzene rings is 2. The van der Waals surface area contributed by atoms with Crippen molar-refractivity contribution >= 4 is 15.9 Å². The van der Waals surface area contributed by atoms with E-state index in [1.165, 1.54) is 24.3 Å². The van der Waals surface area contributed by atoms with Crippen molar-refractivity contribution in [2.75, 3.05) is 0 Å². The first-order valence-corrected chi connectivity index (χ1v) is 6.34. The fourth-order valence-corrected chi connectivity index (χ4v) is 2.09. The van der Waals surface area contributed by atoms with Crippen LogP contribution >= 0.6 is 15.9 Å². The van der Waals surface area contributed by atoms with E-state index in [1.54, 1.807) is 0 Å². The molecule has 0 N–H and O–H groups in total. The molecule has 2 nitrogen and oxygen atoms in total. The lowest BCUT2D eigenvalue weighted by atomic mass is 10.1. The maximum atomic E-state index is 13.2. The first-order chi connectivity index (χ1) is 9.79. The van der Waals surface area contributed by atoms with Crippen LogP contribution in [0.1, 0.15) is 11.1 Å². The van der Waals surface area contributed by atoms with Crippen LogP contribution in [-0.4, -0.2) is 0 Å². The standard InChI is InChI=1S/C14H6BrF4NO/c15-9-3-10(16)5-12(4-9)21-11-2-1-8(7-20)13(6-11)14(17,18)19/h1-6H. The van der Waals surface area contributed by atoms with Crippen molar-refractivity contribution in [2.24, 2.45) is 0 Å². The molecular weight excluding hydrogens is 354 g/mol. The zero-order valence-electron chi connectivity index (χ0n) is 10.2. The molecule has 0 heterocycles. The number of hydrogen-bond donors (Lipinski definition) is 0. The third-order valence-electron chi connectivity index (χ3n) is 2.49. The second kappa shape index (κ2) is 5.74. The van der Waals surface area contributed by atoms with E-state index in [9.17, 15) is 17.6 Å². The topological polar surface area (TPSA) is 33.0 Å². The van der Waals surface area contributed by atoms with E-state index < -0.39 is 23.1 Å². The highest BCUT2D eigenvalue weighted by molar-refractivity contribution is 9.10. The van der Waals surface area contributed by atoms with Gasteiger partial charge in [-0.3, -0.25) is 0 Å². The maximum absolute atomic E-state index is 13.2. The van der Waals surface area contributed by atoms with Crippen LogP contribution < -0.4 is 4.74 Å². The minimum Gasteiger partial charge on any atom is -0.457 e. The predicted octanol–water partition coefficient (Wildman–Crippen LogP) is 5.27. The van der Waals surface area contributed by atoms with E-state index in [2.05, 4.69) is 15.9 Å². The van der Waals surface area contributed by atoms with Crippen LogP contribution in [0.15, 0.2) is 40.9 Å². The summed E-state index contributed by atoms with van der Waals surface area (Å²) in [4.78, 5) is 0. The monoisotopic (exact) mass is 359 g/mol. The number of ether oxygens (including phenoxy) is 1. The van der Waals surface area contributed by atoms with Gasteiger partial charge in [-0.25, -0.2) is 4.39 Å². The Labute approximate surface area is 125 Å². The third-order valence-corrected chi connectivity index (χ3v) is 2.95. The Kier molecular flexibility index (Phi) is 4.19. The van der Waals surface area contributed by atoms with E-state index >= 15 is 0 Å². The van der Waals surface area contributed by atoms with E-state index in [0.717, 1.165) is 12.1 Å². The molecule has 0 aliphatic carbocycles. The quantitative estimate of drug-likeness (QED) is 0.684. The Bertz CT molecular complexity index is 702. The van der Waals surface area contributed by atoms with Crippen LogP contribution in [-0.2, 0) is 6.18 Å². The number of alkyl halides is 3. The van der Waals surface area contributed by atoms with Gasteiger partial charge in [0.05, 0.1) is 17.2 Å². The summed E-state index contributed by atoms with van der Waals surface area (Å²) < 4.78 is 57.2. The van der Waals surface area contributed by atoms with Gasteiger partial charge >= 0.3 is 6.18 Å². The van der Waals surface area contributed by atoms with Crippen LogP contribution in [0.3, 0.4) is 0 Å². The predicted molar refractivity (Wildman–Crippen MR) is 70.3 cm³/mol. The van der Waals surface area contributed by atoms with Gasteiger partial charge in [0, 0.05) is 10.5 Å². The van der Waals surface area contributed by atoms with E-state index in [-0.39, 0.29) is 11.5 Å². The number of halogens is 5. The average Bonchev–Trinajstić information content (AvgIpc) is 2.36. The molecule has 0 aliphatic rings. The smallest absolute Gasteiger partial charge is 0.417 e. The SMILES string of the molecule is N#Cc1ccc(Oc2cc(F)cc(Br)c2)cc1C(F)(F)F. The van der Waals surface area contributed by atoms with Crippen molar-refractivity contribution < 1.29 is 22.3 Å². The van der Waals surface area contributed by atoms with Crippen molar-refractivity contribution in [1.82, 2.24) is 0 Å². The first kappa shape index (κ1) is 15.3. The largest absolute Gasteiger partial charge is 0.457 e. The summed E-state index contributed by atoms with van der Waals surface area (Å²) >= 11 is 3.05. The van der Waals surface area contributed by atoms with Gasteiger partial charge < -0.3 is 4.74 Å². The second-order valence-corrected chi connectivity index (χ2v) is 4.94. The molecule has 7 heteroatoms. The highest BCUT2D eigenvalue weighted by Gasteiger charge is 2.34. The second-order valence-electron chi connectivity index (χ2n) is 4.02. The van der Waals surface area contributed by atoms with Gasteiger partial charge in [-0.1, -0.05) is 15.9 Å². The van der Waals surface area contributed by atoms with Gasteiger partial charge in [0.25, 0.3) is 0 Å². The molecular formula is C14H6BrF4NO. The fourth-order valence-electron chi connectivity index (χ4n) is 1.64. The number of nitriles is 1. The third kappa shape index (κ3) is 3.73. The Morgan fingerprint density at radius 3 is 2.33 bits per heavy atom. The van der Waals surface area contributed by atoms with Gasteiger partial charge in [0.15, 0.2) is 0 Å². The number of rotatable bonds is 2. The van der Waals surface area contributed by atoms with Gasteiger partial charge in [-0.2, -0.15) is 18.4 Å². The molecule has 0 aliphatic heterocycles. The summed E-state index contributed by atoms with van der Waals surface area (Å²) in [5.41, 5.74) is -1.60. The van der Waals surface area contributed by atoms with Gasteiger partial charge in [0.1, 0.15) is 17.3 Å². The average molecular weight is 360 g/mol. The highest BCUT2D eigenvalue weighted by Crippen LogP contribution is 2.35. The van der Waals surface area contributed by atoms with E-state index in [0.29, 0.717) is 10.5 Å². The Hall–Kier alpha value is -2.07. The molecule has 0 spiro atoms. The van der Waals surface area contributed by atoms with Crippen LogP contribution in [0.2, 0.25) is 0 Å². The van der Waals surface area contributed by atoms with Crippen molar-refractivity contribution in [3.05, 3.63) is 57.8 Å². The van der Waals surface area contributed by atoms with Crippen LogP contribution in [0.25, 0.3) is 0 Å². The lowest BCUT2D eigenvalue weighted by molar-refractivity contribution is -0.137. The lowest BCUT2D eigenvalue weighted by Crippen LogP contribution is -2.07. The Morgan fingerprint density at radius 2 is 1.76 bits per heavy atom. The van der Waals surface area contributed by atoms with Crippen molar-refractivity contribution in [1.29, 1.82) is 5.26 Å². The van der Waals surface area contributed by atoms with Gasteiger partial charge in [-0.15, -0.1) is 0 Å². The molecule has 21 heavy (non-hydrogen) atoms.